The van der Waals surface area contributed by atoms with Gasteiger partial charge in [0.25, 0.3) is 5.56 Å². The van der Waals surface area contributed by atoms with Gasteiger partial charge in [0.2, 0.25) is 0 Å². The van der Waals surface area contributed by atoms with Crippen molar-refractivity contribution >= 4 is 22.8 Å². The normalized spacial score (nSPS) is 12.5. The minimum atomic E-state index is -0.282. The number of hydrogen-bond acceptors (Lipinski definition) is 3. The first-order valence-corrected chi connectivity index (χ1v) is 7.40. The van der Waals surface area contributed by atoms with Gasteiger partial charge >= 0.3 is 0 Å². The minimum absolute atomic E-state index is 0.281. The molecule has 0 saturated heterocycles. The number of nitrogens with zero attached hydrogens (tertiary/aromatic N) is 2. The van der Waals surface area contributed by atoms with Crippen LogP contribution in [-0.2, 0) is 0 Å². The summed E-state index contributed by atoms with van der Waals surface area (Å²) >= 11 is 6.00. The Morgan fingerprint density at radius 2 is 1.95 bits per heavy atom. The smallest absolute Gasteiger partial charge is 0.267 e. The van der Waals surface area contributed by atoms with Gasteiger partial charge in [-0.3, -0.25) is 4.79 Å². The molecule has 0 aliphatic carbocycles. The summed E-state index contributed by atoms with van der Waals surface area (Å²) in [6.07, 6.45) is 1.63. The molecule has 0 bridgehead atoms. The van der Waals surface area contributed by atoms with Crippen LogP contribution in [0.4, 0.5) is 0 Å². The van der Waals surface area contributed by atoms with Gasteiger partial charge < -0.3 is 5.32 Å². The fourth-order valence-corrected chi connectivity index (χ4v) is 2.67. The molecule has 5 heteroatoms. The van der Waals surface area contributed by atoms with E-state index < -0.39 is 0 Å². The Morgan fingerprint density at radius 1 is 1.23 bits per heavy atom. The molecule has 0 spiro atoms. The third-order valence-corrected chi connectivity index (χ3v) is 4.21. The fourth-order valence-electron chi connectivity index (χ4n) is 2.48. The van der Waals surface area contributed by atoms with Crippen molar-refractivity contribution in [1.29, 1.82) is 0 Å². The van der Waals surface area contributed by atoms with Gasteiger partial charge in [-0.1, -0.05) is 24.3 Å². The minimum Gasteiger partial charge on any atom is -0.313 e. The van der Waals surface area contributed by atoms with E-state index in [1.807, 2.05) is 31.3 Å². The van der Waals surface area contributed by atoms with Crippen LogP contribution in [0.5, 0.6) is 0 Å². The first-order valence-electron chi connectivity index (χ1n) is 7.06. The summed E-state index contributed by atoms with van der Waals surface area (Å²) in [5, 5.41) is 4.06. The third-order valence-electron chi connectivity index (χ3n) is 3.88. The third kappa shape index (κ3) is 2.51. The predicted octanol–water partition coefficient (Wildman–Crippen LogP) is 3.35. The van der Waals surface area contributed by atoms with Gasteiger partial charge in [0.15, 0.2) is 5.65 Å². The molecular formula is C17H16ClN3O. The summed E-state index contributed by atoms with van der Waals surface area (Å²) in [6, 6.07) is 13.7. The van der Waals surface area contributed by atoms with Crippen molar-refractivity contribution in [3.05, 3.63) is 64.6 Å². The fraction of sp³-hybridized carbons (Fsp3) is 0.176. The molecule has 4 nitrogen and oxygen atoms in total. The van der Waals surface area contributed by atoms with E-state index >= 15 is 0 Å². The van der Waals surface area contributed by atoms with Gasteiger partial charge in [-0.15, -0.1) is 0 Å². The first kappa shape index (κ1) is 14.8. The molecule has 0 aliphatic heterocycles. The van der Waals surface area contributed by atoms with Gasteiger partial charge in [-0.05, 0) is 42.8 Å². The number of fused-ring (bicyclic) bond motifs is 1. The molecule has 22 heavy (non-hydrogen) atoms. The summed E-state index contributed by atoms with van der Waals surface area (Å²) in [5.74, 6) is 0. The summed E-state index contributed by atoms with van der Waals surface area (Å²) < 4.78 is 1.05. The zero-order chi connectivity index (χ0) is 15.7. The molecule has 0 radical (unpaired) electrons. The number of nitrogens with one attached hydrogen (secondary N) is 1. The van der Waals surface area contributed by atoms with Crippen LogP contribution in [0.25, 0.3) is 22.2 Å². The number of aromatic nitrogens is 2. The second-order valence-corrected chi connectivity index (χ2v) is 5.52. The van der Waals surface area contributed by atoms with Crippen LogP contribution in [0.15, 0.2) is 53.5 Å². The Hall–Kier alpha value is -2.17. The first-order chi connectivity index (χ1) is 10.6. The highest BCUT2D eigenvalue weighted by atomic mass is 35.5. The average molecular weight is 314 g/mol. The van der Waals surface area contributed by atoms with E-state index in [-0.39, 0.29) is 11.6 Å². The summed E-state index contributed by atoms with van der Waals surface area (Å²) in [5.41, 5.74) is 3.20. The monoisotopic (exact) mass is 313 g/mol. The van der Waals surface area contributed by atoms with E-state index in [4.69, 9.17) is 11.8 Å². The van der Waals surface area contributed by atoms with Crippen LogP contribution in [0, 0.1) is 0 Å². The van der Waals surface area contributed by atoms with Crippen molar-refractivity contribution in [2.45, 2.75) is 13.0 Å². The van der Waals surface area contributed by atoms with Gasteiger partial charge in [-0.25, -0.2) is 4.98 Å². The topological polar surface area (TPSA) is 46.9 Å². The largest absolute Gasteiger partial charge is 0.313 e. The quantitative estimate of drug-likeness (QED) is 0.806. The van der Waals surface area contributed by atoms with Crippen LogP contribution in [-0.4, -0.2) is 16.1 Å². The molecule has 1 unspecified atom stereocenters. The van der Waals surface area contributed by atoms with Gasteiger partial charge in [0, 0.05) is 35.5 Å². The molecule has 0 aliphatic rings. The molecule has 0 saturated carbocycles. The van der Waals surface area contributed by atoms with Crippen LogP contribution in [0.3, 0.4) is 0 Å². The highest BCUT2D eigenvalue weighted by Crippen LogP contribution is 2.27. The van der Waals surface area contributed by atoms with Crippen molar-refractivity contribution in [2.24, 2.45) is 0 Å². The molecule has 2 heterocycles. The number of hydrogen-bond donors (Lipinski definition) is 1. The maximum Gasteiger partial charge on any atom is 0.267 e. The highest BCUT2D eigenvalue weighted by Gasteiger charge is 2.11. The van der Waals surface area contributed by atoms with Crippen LogP contribution in [0.2, 0.25) is 0 Å². The second kappa shape index (κ2) is 5.91. The lowest BCUT2D eigenvalue weighted by Crippen LogP contribution is -2.13. The molecule has 0 amide bonds. The highest BCUT2D eigenvalue weighted by molar-refractivity contribution is 6.18. The van der Waals surface area contributed by atoms with Crippen LogP contribution >= 0.6 is 11.8 Å². The molecule has 1 N–H and O–H groups in total. The summed E-state index contributed by atoms with van der Waals surface area (Å²) in [6.45, 7) is 2.10. The zero-order valence-corrected chi connectivity index (χ0v) is 13.1. The molecule has 1 atom stereocenters. The summed E-state index contributed by atoms with van der Waals surface area (Å²) in [4.78, 5) is 16.2. The lowest BCUT2D eigenvalue weighted by Gasteiger charge is -2.12. The van der Waals surface area contributed by atoms with Crippen molar-refractivity contribution in [2.75, 3.05) is 7.05 Å². The Labute approximate surface area is 133 Å². The molecule has 1 aromatic carbocycles. The number of pyridine rings is 2. The zero-order valence-electron chi connectivity index (χ0n) is 12.4. The molecule has 112 valence electrons. The molecule has 2 aromatic heterocycles. The maximum atomic E-state index is 12.0. The van der Waals surface area contributed by atoms with E-state index in [1.165, 1.54) is 5.56 Å². The van der Waals surface area contributed by atoms with E-state index in [9.17, 15) is 4.79 Å². The van der Waals surface area contributed by atoms with E-state index in [0.29, 0.717) is 5.65 Å². The SMILES string of the molecule is CNC(C)c1ccc(-c2cc(=O)n(Cl)c3ncccc23)cc1. The van der Waals surface area contributed by atoms with Gasteiger partial charge in [-0.2, -0.15) is 4.09 Å². The predicted molar refractivity (Wildman–Crippen MR) is 90.2 cm³/mol. The van der Waals surface area contributed by atoms with Crippen LogP contribution < -0.4 is 10.9 Å². The Kier molecular flexibility index (Phi) is 3.96. The number of benzene rings is 1. The standard InChI is InChI=1S/C17H16ClN3O/c1-11(19-2)12-5-7-13(8-6-12)15-10-16(22)21(18)17-14(15)4-3-9-20-17/h3-11,19H,1-2H3. The number of halogens is 1. The number of rotatable bonds is 3. The van der Waals surface area contributed by atoms with Crippen molar-refractivity contribution in [3.63, 3.8) is 0 Å². The molecular weight excluding hydrogens is 298 g/mol. The second-order valence-electron chi connectivity index (χ2n) is 5.18. The van der Waals surface area contributed by atoms with E-state index in [2.05, 4.69) is 29.4 Å². The van der Waals surface area contributed by atoms with Gasteiger partial charge in [0.05, 0.1) is 0 Å². The van der Waals surface area contributed by atoms with E-state index in [1.54, 1.807) is 12.3 Å². The Balaban J connectivity index is 2.18. The molecule has 0 fully saturated rings. The molecule has 3 rings (SSSR count). The van der Waals surface area contributed by atoms with Gasteiger partial charge in [0.1, 0.15) is 0 Å². The lowest BCUT2D eigenvalue weighted by molar-refractivity contribution is 0.652. The van der Waals surface area contributed by atoms with E-state index in [0.717, 1.165) is 20.6 Å². The van der Waals surface area contributed by atoms with Crippen molar-refractivity contribution in [3.8, 4) is 11.1 Å². The maximum absolute atomic E-state index is 12.0. The Bertz CT molecular complexity index is 871. The Morgan fingerprint density at radius 3 is 2.64 bits per heavy atom. The average Bonchev–Trinajstić information content (AvgIpc) is 2.57. The van der Waals surface area contributed by atoms with Crippen LogP contribution in [0.1, 0.15) is 18.5 Å². The molecule has 3 aromatic rings. The lowest BCUT2D eigenvalue weighted by atomic mass is 10.00. The van der Waals surface area contributed by atoms with Crippen molar-refractivity contribution in [1.82, 2.24) is 14.4 Å². The van der Waals surface area contributed by atoms with Crippen molar-refractivity contribution < 1.29 is 0 Å². The summed E-state index contributed by atoms with van der Waals surface area (Å²) in [7, 11) is 1.93.